The number of aromatic nitrogens is 2. The van der Waals surface area contributed by atoms with Gasteiger partial charge in [0.1, 0.15) is 5.75 Å². The fourth-order valence-corrected chi connectivity index (χ4v) is 4.08. The summed E-state index contributed by atoms with van der Waals surface area (Å²) in [6, 6.07) is 7.66. The highest BCUT2D eigenvalue weighted by atomic mass is 16.5. The van der Waals surface area contributed by atoms with Gasteiger partial charge in [0.2, 0.25) is 5.91 Å². The Morgan fingerprint density at radius 1 is 1.19 bits per heavy atom. The molecular weight excluding hydrogens is 392 g/mol. The van der Waals surface area contributed by atoms with Crippen LogP contribution in [0.25, 0.3) is 0 Å². The SMILES string of the molecule is COc1ccccc1CNC(=O)c1cn(C)nc1CC1CCN(C(=O)C(C)(C)C)CC1. The van der Waals surface area contributed by atoms with E-state index in [-0.39, 0.29) is 17.2 Å². The number of aryl methyl sites for hydroxylation is 1. The second kappa shape index (κ2) is 9.54. The van der Waals surface area contributed by atoms with Crippen molar-refractivity contribution in [3.8, 4) is 5.75 Å². The van der Waals surface area contributed by atoms with Gasteiger partial charge in [-0.1, -0.05) is 39.0 Å². The Kier molecular flexibility index (Phi) is 7.03. The molecule has 168 valence electrons. The molecule has 7 heteroatoms. The van der Waals surface area contributed by atoms with Gasteiger partial charge in [-0.2, -0.15) is 5.10 Å². The van der Waals surface area contributed by atoms with Crippen LogP contribution in [0.3, 0.4) is 0 Å². The van der Waals surface area contributed by atoms with Crippen molar-refractivity contribution >= 4 is 11.8 Å². The monoisotopic (exact) mass is 426 g/mol. The largest absolute Gasteiger partial charge is 0.496 e. The minimum absolute atomic E-state index is 0.130. The Morgan fingerprint density at radius 2 is 1.87 bits per heavy atom. The molecule has 0 saturated carbocycles. The maximum absolute atomic E-state index is 12.9. The quantitative estimate of drug-likeness (QED) is 0.770. The lowest BCUT2D eigenvalue weighted by Gasteiger charge is -2.35. The van der Waals surface area contributed by atoms with Gasteiger partial charge in [0, 0.05) is 43.9 Å². The van der Waals surface area contributed by atoms with Gasteiger partial charge in [0.05, 0.1) is 18.4 Å². The summed E-state index contributed by atoms with van der Waals surface area (Å²) < 4.78 is 7.06. The lowest BCUT2D eigenvalue weighted by atomic mass is 9.88. The number of benzene rings is 1. The molecule has 7 nitrogen and oxygen atoms in total. The average molecular weight is 427 g/mol. The zero-order valence-electron chi connectivity index (χ0n) is 19.3. The first-order valence-electron chi connectivity index (χ1n) is 10.9. The van der Waals surface area contributed by atoms with E-state index < -0.39 is 0 Å². The van der Waals surface area contributed by atoms with Crippen molar-refractivity contribution in [2.24, 2.45) is 18.4 Å². The van der Waals surface area contributed by atoms with Crippen molar-refractivity contribution in [2.75, 3.05) is 20.2 Å². The van der Waals surface area contributed by atoms with E-state index >= 15 is 0 Å². The van der Waals surface area contributed by atoms with Crippen LogP contribution in [0.5, 0.6) is 5.75 Å². The normalized spacial score (nSPS) is 15.1. The molecule has 1 aliphatic heterocycles. The highest BCUT2D eigenvalue weighted by Gasteiger charge is 2.31. The molecule has 0 radical (unpaired) electrons. The zero-order valence-corrected chi connectivity index (χ0v) is 19.3. The van der Waals surface area contributed by atoms with Gasteiger partial charge < -0.3 is 15.0 Å². The van der Waals surface area contributed by atoms with E-state index in [0.717, 1.165) is 49.4 Å². The van der Waals surface area contributed by atoms with Crippen LogP contribution in [0, 0.1) is 11.3 Å². The first-order valence-corrected chi connectivity index (χ1v) is 10.9. The van der Waals surface area contributed by atoms with Crippen molar-refractivity contribution in [2.45, 2.75) is 46.6 Å². The number of hydrogen-bond acceptors (Lipinski definition) is 4. The molecule has 2 aromatic rings. The summed E-state index contributed by atoms with van der Waals surface area (Å²) in [5.41, 5.74) is 2.02. The van der Waals surface area contributed by atoms with E-state index in [0.29, 0.717) is 18.0 Å². The number of rotatable bonds is 6. The molecule has 1 fully saturated rings. The predicted octanol–water partition coefficient (Wildman–Crippen LogP) is 3.19. The summed E-state index contributed by atoms with van der Waals surface area (Å²) in [5, 5.41) is 7.55. The van der Waals surface area contributed by atoms with Gasteiger partial charge in [-0.25, -0.2) is 0 Å². The van der Waals surface area contributed by atoms with Crippen LogP contribution >= 0.6 is 0 Å². The zero-order chi connectivity index (χ0) is 22.6. The topological polar surface area (TPSA) is 76.5 Å². The Labute approximate surface area is 184 Å². The molecular formula is C24H34N4O3. The van der Waals surface area contributed by atoms with Crippen LogP contribution in [0.15, 0.2) is 30.5 Å². The molecule has 1 aromatic heterocycles. The number of carbonyl (C=O) groups is 2. The number of hydrogen-bond donors (Lipinski definition) is 1. The summed E-state index contributed by atoms with van der Waals surface area (Å²) in [5.74, 6) is 1.25. The molecule has 31 heavy (non-hydrogen) atoms. The van der Waals surface area contributed by atoms with Crippen molar-refractivity contribution in [3.63, 3.8) is 0 Å². The second-order valence-corrected chi connectivity index (χ2v) is 9.35. The summed E-state index contributed by atoms with van der Waals surface area (Å²) in [6.07, 6.45) is 4.39. The molecule has 0 bridgehead atoms. The molecule has 1 saturated heterocycles. The van der Waals surface area contributed by atoms with E-state index in [1.807, 2.05) is 57.0 Å². The van der Waals surface area contributed by atoms with Crippen LogP contribution in [0.1, 0.15) is 55.2 Å². The van der Waals surface area contributed by atoms with Gasteiger partial charge in [-0.15, -0.1) is 0 Å². The maximum Gasteiger partial charge on any atom is 0.255 e. The third kappa shape index (κ3) is 5.66. The van der Waals surface area contributed by atoms with Gasteiger partial charge in [0.25, 0.3) is 5.91 Å². The smallest absolute Gasteiger partial charge is 0.255 e. The molecule has 0 unspecified atom stereocenters. The first-order chi connectivity index (χ1) is 14.7. The Hall–Kier alpha value is -2.83. The third-order valence-corrected chi connectivity index (χ3v) is 5.81. The Balaban J connectivity index is 1.60. The molecule has 3 rings (SSSR count). The van der Waals surface area contributed by atoms with Gasteiger partial charge in [-0.05, 0) is 31.2 Å². The molecule has 2 heterocycles. The van der Waals surface area contributed by atoms with E-state index in [1.54, 1.807) is 18.0 Å². The molecule has 2 amide bonds. The molecule has 1 aromatic carbocycles. The van der Waals surface area contributed by atoms with E-state index in [9.17, 15) is 9.59 Å². The molecule has 0 spiro atoms. The number of para-hydroxylation sites is 1. The van der Waals surface area contributed by atoms with Crippen molar-refractivity contribution in [3.05, 3.63) is 47.3 Å². The summed E-state index contributed by atoms with van der Waals surface area (Å²) in [7, 11) is 3.46. The van der Waals surface area contributed by atoms with Crippen molar-refractivity contribution in [1.29, 1.82) is 0 Å². The molecule has 1 N–H and O–H groups in total. The van der Waals surface area contributed by atoms with Crippen LogP contribution in [-0.2, 0) is 24.8 Å². The lowest BCUT2D eigenvalue weighted by Crippen LogP contribution is -2.44. The third-order valence-electron chi connectivity index (χ3n) is 5.81. The van der Waals surface area contributed by atoms with E-state index in [1.165, 1.54) is 0 Å². The van der Waals surface area contributed by atoms with Crippen LogP contribution in [-0.4, -0.2) is 46.7 Å². The van der Waals surface area contributed by atoms with Gasteiger partial charge in [-0.3, -0.25) is 14.3 Å². The number of piperidine rings is 1. The van der Waals surface area contributed by atoms with Crippen molar-refractivity contribution in [1.82, 2.24) is 20.0 Å². The second-order valence-electron chi connectivity index (χ2n) is 9.35. The number of nitrogens with zero attached hydrogens (tertiary/aromatic N) is 3. The van der Waals surface area contributed by atoms with Crippen LogP contribution < -0.4 is 10.1 Å². The number of amides is 2. The van der Waals surface area contributed by atoms with Crippen LogP contribution in [0.4, 0.5) is 0 Å². The fraction of sp³-hybridized carbons (Fsp3) is 0.542. The molecule has 1 aliphatic rings. The van der Waals surface area contributed by atoms with E-state index in [2.05, 4.69) is 10.4 Å². The van der Waals surface area contributed by atoms with Gasteiger partial charge in [0.15, 0.2) is 0 Å². The van der Waals surface area contributed by atoms with E-state index in [4.69, 9.17) is 4.74 Å². The highest BCUT2D eigenvalue weighted by molar-refractivity contribution is 5.95. The highest BCUT2D eigenvalue weighted by Crippen LogP contribution is 2.26. The number of methoxy groups -OCH3 is 1. The van der Waals surface area contributed by atoms with Crippen LogP contribution in [0.2, 0.25) is 0 Å². The van der Waals surface area contributed by atoms with Crippen molar-refractivity contribution < 1.29 is 14.3 Å². The Bertz CT molecular complexity index is 921. The predicted molar refractivity (Wildman–Crippen MR) is 120 cm³/mol. The van der Waals surface area contributed by atoms with Gasteiger partial charge >= 0.3 is 0 Å². The summed E-state index contributed by atoms with van der Waals surface area (Å²) in [4.78, 5) is 27.4. The standard InChI is InChI=1S/C24H34N4O3/c1-24(2,3)23(30)28-12-10-17(11-13-28)14-20-19(16-27(4)26-20)22(29)25-15-18-8-6-7-9-21(18)31-5/h6-9,16-17H,10-15H2,1-5H3,(H,25,29). The average Bonchev–Trinajstić information content (AvgIpc) is 3.11. The minimum atomic E-state index is -0.347. The summed E-state index contributed by atoms with van der Waals surface area (Å²) >= 11 is 0. The Morgan fingerprint density at radius 3 is 2.52 bits per heavy atom. The minimum Gasteiger partial charge on any atom is -0.496 e. The number of likely N-dealkylation sites (tertiary alicyclic amines) is 1. The fourth-order valence-electron chi connectivity index (χ4n) is 4.08. The first kappa shape index (κ1) is 22.8. The number of ether oxygens (including phenoxy) is 1. The number of nitrogens with one attached hydrogen (secondary N) is 1. The molecule has 0 aliphatic carbocycles. The lowest BCUT2D eigenvalue weighted by molar-refractivity contribution is -0.140. The summed E-state index contributed by atoms with van der Waals surface area (Å²) in [6.45, 7) is 7.82. The molecule has 0 atom stereocenters. The number of carbonyl (C=O) groups excluding carboxylic acids is 2. The maximum atomic E-state index is 12.9.